The van der Waals surface area contributed by atoms with Crippen molar-refractivity contribution in [3.63, 3.8) is 0 Å². The summed E-state index contributed by atoms with van der Waals surface area (Å²) >= 11 is 0. The summed E-state index contributed by atoms with van der Waals surface area (Å²) in [7, 11) is 0. The Kier molecular flexibility index (Phi) is 5.55. The zero-order chi connectivity index (χ0) is 19.7. The molecule has 27 heavy (non-hydrogen) atoms. The first-order valence-electron chi connectivity index (χ1n) is 10.5. The fraction of sp³-hybridized carbons (Fsp3) is 0.520. The summed E-state index contributed by atoms with van der Waals surface area (Å²) in [6.45, 7) is 12.8. The number of para-hydroxylation sites is 2. The highest BCUT2D eigenvalue weighted by molar-refractivity contribution is 5.75. The van der Waals surface area contributed by atoms with E-state index < -0.39 is 0 Å². The van der Waals surface area contributed by atoms with E-state index in [9.17, 15) is 0 Å². The van der Waals surface area contributed by atoms with Gasteiger partial charge in [-0.1, -0.05) is 65.7 Å². The van der Waals surface area contributed by atoms with Crippen LogP contribution in [0, 0.1) is 0 Å². The second kappa shape index (κ2) is 7.58. The van der Waals surface area contributed by atoms with Crippen molar-refractivity contribution >= 4 is 17.1 Å². The topological polar surface area (TPSA) is 29.3 Å². The second-order valence-corrected chi connectivity index (χ2v) is 9.42. The number of hydrogen-bond donors (Lipinski definition) is 1. The van der Waals surface area contributed by atoms with E-state index in [0.717, 1.165) is 17.9 Å². The molecule has 0 aliphatic heterocycles. The number of nitrogens with zero attached hydrogens (tertiary/aromatic N) is 1. The third-order valence-corrected chi connectivity index (χ3v) is 6.36. The van der Waals surface area contributed by atoms with E-state index in [-0.39, 0.29) is 10.8 Å². The Morgan fingerprint density at radius 2 is 1.56 bits per heavy atom. The molecule has 2 nitrogen and oxygen atoms in total. The first-order chi connectivity index (χ1) is 12.8. The van der Waals surface area contributed by atoms with Gasteiger partial charge < -0.3 is 10.6 Å². The van der Waals surface area contributed by atoms with E-state index in [2.05, 4.69) is 69.9 Å². The van der Waals surface area contributed by atoms with Gasteiger partial charge >= 0.3 is 0 Å². The highest BCUT2D eigenvalue weighted by Crippen LogP contribution is 2.47. The van der Waals surface area contributed by atoms with Gasteiger partial charge in [-0.2, -0.15) is 0 Å². The molecule has 2 aromatic rings. The maximum absolute atomic E-state index is 6.36. The van der Waals surface area contributed by atoms with E-state index >= 15 is 0 Å². The van der Waals surface area contributed by atoms with Crippen LogP contribution >= 0.6 is 0 Å². The molecule has 1 aliphatic carbocycles. The molecule has 0 atom stereocenters. The minimum absolute atomic E-state index is 0.220. The van der Waals surface area contributed by atoms with Crippen molar-refractivity contribution in [2.45, 2.75) is 77.6 Å². The van der Waals surface area contributed by atoms with Gasteiger partial charge in [-0.25, -0.2) is 0 Å². The van der Waals surface area contributed by atoms with Crippen LogP contribution in [0.25, 0.3) is 0 Å². The van der Waals surface area contributed by atoms with E-state index in [1.165, 1.54) is 48.9 Å². The smallest absolute Gasteiger partial charge is 0.0644 e. The van der Waals surface area contributed by atoms with Crippen molar-refractivity contribution in [2.24, 2.45) is 0 Å². The standard InChI is InChI=1S/C25H36N2/c1-6-7-10-17-27(23-12-9-8-11-22(23)26)19-13-14-20-21(18-19)25(4,5)16-15-24(20,2)3/h8-9,11-14,18H,6-7,10,15-17,26H2,1-5H3. The van der Waals surface area contributed by atoms with Crippen molar-refractivity contribution in [3.8, 4) is 0 Å². The van der Waals surface area contributed by atoms with Crippen molar-refractivity contribution in [1.29, 1.82) is 0 Å². The Morgan fingerprint density at radius 1 is 0.889 bits per heavy atom. The predicted octanol–water partition coefficient (Wildman–Crippen LogP) is 6.95. The molecule has 0 saturated carbocycles. The lowest BCUT2D eigenvalue weighted by Crippen LogP contribution is -2.34. The Bertz CT molecular complexity index is 789. The van der Waals surface area contributed by atoms with Crippen molar-refractivity contribution in [1.82, 2.24) is 0 Å². The summed E-state index contributed by atoms with van der Waals surface area (Å²) in [6, 6.07) is 15.4. The number of nitrogen functional groups attached to an aromatic ring is 1. The first kappa shape index (κ1) is 19.8. The second-order valence-electron chi connectivity index (χ2n) is 9.42. The molecule has 3 rings (SSSR count). The lowest BCUT2D eigenvalue weighted by molar-refractivity contribution is 0.332. The molecule has 0 unspecified atom stereocenters. The Balaban J connectivity index is 2.06. The zero-order valence-electron chi connectivity index (χ0n) is 17.8. The van der Waals surface area contributed by atoms with Gasteiger partial charge in [-0.15, -0.1) is 0 Å². The van der Waals surface area contributed by atoms with Gasteiger partial charge in [-0.05, 0) is 65.5 Å². The van der Waals surface area contributed by atoms with Gasteiger partial charge in [0.1, 0.15) is 0 Å². The summed E-state index contributed by atoms with van der Waals surface area (Å²) in [5, 5.41) is 0. The molecular weight excluding hydrogens is 328 g/mol. The molecule has 2 heteroatoms. The van der Waals surface area contributed by atoms with E-state index in [1.54, 1.807) is 0 Å². The van der Waals surface area contributed by atoms with Crippen LogP contribution in [0.1, 0.15) is 77.8 Å². The van der Waals surface area contributed by atoms with Crippen LogP contribution in [0.5, 0.6) is 0 Å². The molecule has 0 heterocycles. The first-order valence-corrected chi connectivity index (χ1v) is 10.5. The summed E-state index contributed by atoms with van der Waals surface area (Å²) in [4.78, 5) is 2.42. The van der Waals surface area contributed by atoms with Gasteiger partial charge in [0.2, 0.25) is 0 Å². The quantitative estimate of drug-likeness (QED) is 0.444. The molecule has 2 N–H and O–H groups in total. The summed E-state index contributed by atoms with van der Waals surface area (Å²) in [6.07, 6.45) is 6.13. The highest BCUT2D eigenvalue weighted by Gasteiger charge is 2.37. The molecule has 0 amide bonds. The van der Waals surface area contributed by atoms with E-state index in [1.807, 2.05) is 12.1 Å². The largest absolute Gasteiger partial charge is 0.397 e. The summed E-state index contributed by atoms with van der Waals surface area (Å²) in [5.41, 5.74) is 13.1. The van der Waals surface area contributed by atoms with Crippen LogP contribution in [0.4, 0.5) is 17.1 Å². The van der Waals surface area contributed by atoms with E-state index in [0.29, 0.717) is 0 Å². The molecule has 2 aromatic carbocycles. The number of hydrogen-bond acceptors (Lipinski definition) is 2. The third kappa shape index (κ3) is 4.00. The predicted molar refractivity (Wildman–Crippen MR) is 119 cm³/mol. The molecule has 1 aliphatic rings. The van der Waals surface area contributed by atoms with Crippen LogP contribution in [0.15, 0.2) is 42.5 Å². The fourth-order valence-electron chi connectivity index (χ4n) is 4.39. The SMILES string of the molecule is CCCCCN(c1ccc2c(c1)C(C)(C)CCC2(C)C)c1ccccc1N. The van der Waals surface area contributed by atoms with E-state index in [4.69, 9.17) is 5.73 Å². The average Bonchev–Trinajstić information content (AvgIpc) is 2.63. The number of anilines is 3. The molecular formula is C25H36N2. The maximum Gasteiger partial charge on any atom is 0.0644 e. The third-order valence-electron chi connectivity index (χ3n) is 6.36. The normalized spacial score (nSPS) is 17.4. The molecule has 0 fully saturated rings. The summed E-state index contributed by atoms with van der Waals surface area (Å²) < 4.78 is 0. The van der Waals surface area contributed by atoms with Crippen LogP contribution in [-0.2, 0) is 10.8 Å². The number of unbranched alkanes of at least 4 members (excludes halogenated alkanes) is 2. The van der Waals surface area contributed by atoms with Crippen LogP contribution in [-0.4, -0.2) is 6.54 Å². The van der Waals surface area contributed by atoms with Gasteiger partial charge in [0.15, 0.2) is 0 Å². The molecule has 0 spiro atoms. The number of rotatable bonds is 6. The van der Waals surface area contributed by atoms with Crippen LogP contribution in [0.3, 0.4) is 0 Å². The molecule has 146 valence electrons. The average molecular weight is 365 g/mol. The number of fused-ring (bicyclic) bond motifs is 1. The molecule has 0 aromatic heterocycles. The highest BCUT2D eigenvalue weighted by atomic mass is 15.1. The van der Waals surface area contributed by atoms with Crippen molar-refractivity contribution < 1.29 is 0 Å². The van der Waals surface area contributed by atoms with Crippen molar-refractivity contribution in [3.05, 3.63) is 53.6 Å². The van der Waals surface area contributed by atoms with Gasteiger partial charge in [-0.3, -0.25) is 0 Å². The fourth-order valence-corrected chi connectivity index (χ4v) is 4.39. The number of nitrogens with two attached hydrogens (primary N) is 1. The number of benzene rings is 2. The lowest BCUT2D eigenvalue weighted by atomic mass is 9.63. The minimum Gasteiger partial charge on any atom is -0.397 e. The Labute approximate surface area is 165 Å². The monoisotopic (exact) mass is 364 g/mol. The Hall–Kier alpha value is -1.96. The van der Waals surface area contributed by atoms with Gasteiger partial charge in [0, 0.05) is 12.2 Å². The lowest BCUT2D eigenvalue weighted by Gasteiger charge is -2.42. The van der Waals surface area contributed by atoms with Gasteiger partial charge in [0.05, 0.1) is 11.4 Å². The molecule has 0 radical (unpaired) electrons. The van der Waals surface area contributed by atoms with Gasteiger partial charge in [0.25, 0.3) is 0 Å². The molecule has 0 saturated heterocycles. The van der Waals surface area contributed by atoms with Crippen LogP contribution in [0.2, 0.25) is 0 Å². The Morgan fingerprint density at radius 3 is 2.22 bits per heavy atom. The minimum atomic E-state index is 0.220. The molecule has 0 bridgehead atoms. The van der Waals surface area contributed by atoms with Crippen molar-refractivity contribution in [2.75, 3.05) is 17.2 Å². The zero-order valence-corrected chi connectivity index (χ0v) is 17.8. The summed E-state index contributed by atoms with van der Waals surface area (Å²) in [5.74, 6) is 0. The maximum atomic E-state index is 6.36. The van der Waals surface area contributed by atoms with Crippen LogP contribution < -0.4 is 10.6 Å².